The molecule has 0 radical (unpaired) electrons. The lowest BCUT2D eigenvalue weighted by atomic mass is 10.4. The van der Waals surface area contributed by atoms with Gasteiger partial charge in [-0.3, -0.25) is 15.4 Å². The van der Waals surface area contributed by atoms with Crippen LogP contribution >= 0.6 is 0 Å². The molecule has 0 saturated carbocycles. The number of pyridine rings is 2. The van der Waals surface area contributed by atoms with Gasteiger partial charge < -0.3 is 0 Å². The summed E-state index contributed by atoms with van der Waals surface area (Å²) in [5.41, 5.74) is 7.59. The summed E-state index contributed by atoms with van der Waals surface area (Å²) in [6.07, 6.45) is 6.54. The van der Waals surface area contributed by atoms with Crippen molar-refractivity contribution in [2.45, 2.75) is 6.92 Å². The average molecular weight is 333 g/mol. The van der Waals surface area contributed by atoms with Gasteiger partial charge in [-0.2, -0.15) is 15.2 Å². The summed E-state index contributed by atoms with van der Waals surface area (Å²) in [5.74, 6) is 0.714. The van der Waals surface area contributed by atoms with E-state index in [1.165, 1.54) is 0 Å². The lowest BCUT2D eigenvalue weighted by Gasteiger charge is -2.04. The van der Waals surface area contributed by atoms with Crippen molar-refractivity contribution in [3.63, 3.8) is 0 Å². The van der Waals surface area contributed by atoms with Crippen molar-refractivity contribution in [3.05, 3.63) is 65.9 Å². The van der Waals surface area contributed by atoms with Gasteiger partial charge in [0.1, 0.15) is 5.69 Å². The minimum Gasteiger partial charge on any atom is -0.260 e. The molecule has 3 aromatic heterocycles. The third kappa shape index (κ3) is 4.86. The Balaban J connectivity index is 1.64. The SMILES string of the molecule is Cc1nnc(NN=Cc2ccccn2)nc1NN=Cc1ccccn1. The zero-order valence-electron chi connectivity index (χ0n) is 13.4. The predicted molar refractivity (Wildman–Crippen MR) is 95.5 cm³/mol. The molecule has 0 fully saturated rings. The maximum absolute atomic E-state index is 4.27. The number of hydrogen-bond acceptors (Lipinski definition) is 9. The van der Waals surface area contributed by atoms with Crippen LogP contribution in [0.25, 0.3) is 0 Å². The van der Waals surface area contributed by atoms with E-state index in [0.717, 1.165) is 5.69 Å². The van der Waals surface area contributed by atoms with Crippen LogP contribution in [0.15, 0.2) is 59.0 Å². The van der Waals surface area contributed by atoms with Gasteiger partial charge in [-0.25, -0.2) is 5.43 Å². The van der Waals surface area contributed by atoms with Crippen LogP contribution in [0.1, 0.15) is 17.1 Å². The maximum Gasteiger partial charge on any atom is 0.265 e. The molecule has 2 N–H and O–H groups in total. The van der Waals surface area contributed by atoms with Crippen LogP contribution in [-0.2, 0) is 0 Å². The van der Waals surface area contributed by atoms with E-state index in [1.807, 2.05) is 36.4 Å². The predicted octanol–water partition coefficient (Wildman–Crippen LogP) is 1.86. The molecule has 0 spiro atoms. The second-order valence-corrected chi connectivity index (χ2v) is 4.82. The van der Waals surface area contributed by atoms with Gasteiger partial charge in [0.05, 0.1) is 23.8 Å². The molecule has 0 aliphatic rings. The van der Waals surface area contributed by atoms with E-state index >= 15 is 0 Å². The van der Waals surface area contributed by atoms with Crippen molar-refractivity contribution in [2.75, 3.05) is 10.9 Å². The molecule has 0 atom stereocenters. The summed E-state index contributed by atoms with van der Waals surface area (Å²) in [4.78, 5) is 12.5. The highest BCUT2D eigenvalue weighted by Gasteiger charge is 2.03. The minimum absolute atomic E-state index is 0.244. The summed E-state index contributed by atoms with van der Waals surface area (Å²) < 4.78 is 0. The van der Waals surface area contributed by atoms with Gasteiger partial charge in [0.15, 0.2) is 5.82 Å². The fourth-order valence-electron chi connectivity index (χ4n) is 1.75. The van der Waals surface area contributed by atoms with Gasteiger partial charge in [0, 0.05) is 12.4 Å². The average Bonchev–Trinajstić information content (AvgIpc) is 2.66. The second-order valence-electron chi connectivity index (χ2n) is 4.82. The van der Waals surface area contributed by atoms with E-state index in [9.17, 15) is 0 Å². The summed E-state index contributed by atoms with van der Waals surface area (Å²) in [6.45, 7) is 1.78. The van der Waals surface area contributed by atoms with E-state index in [-0.39, 0.29) is 5.95 Å². The molecule has 0 aliphatic heterocycles. The molecule has 3 aromatic rings. The van der Waals surface area contributed by atoms with Crippen molar-refractivity contribution < 1.29 is 0 Å². The zero-order chi connectivity index (χ0) is 17.3. The molecule has 0 aliphatic carbocycles. The number of hydrazone groups is 2. The molecular formula is C16H15N9. The maximum atomic E-state index is 4.27. The number of nitrogens with zero attached hydrogens (tertiary/aromatic N) is 7. The molecule has 0 amide bonds. The van der Waals surface area contributed by atoms with E-state index in [0.29, 0.717) is 17.2 Å². The molecule has 3 rings (SSSR count). The zero-order valence-corrected chi connectivity index (χ0v) is 13.4. The number of hydrogen-bond donors (Lipinski definition) is 2. The van der Waals surface area contributed by atoms with Crippen molar-refractivity contribution in [1.29, 1.82) is 0 Å². The Hall–Kier alpha value is -3.75. The normalized spacial score (nSPS) is 11.1. The molecule has 124 valence electrons. The first-order valence-electron chi connectivity index (χ1n) is 7.43. The van der Waals surface area contributed by atoms with Gasteiger partial charge in [-0.05, 0) is 31.2 Å². The number of rotatable bonds is 6. The Morgan fingerprint density at radius 1 is 0.840 bits per heavy atom. The van der Waals surface area contributed by atoms with E-state index in [1.54, 1.807) is 31.7 Å². The first-order chi connectivity index (χ1) is 12.3. The number of aromatic nitrogens is 5. The molecule has 9 heteroatoms. The van der Waals surface area contributed by atoms with Crippen molar-refractivity contribution in [2.24, 2.45) is 10.2 Å². The van der Waals surface area contributed by atoms with Crippen LogP contribution in [0.5, 0.6) is 0 Å². The quantitative estimate of drug-likeness (QED) is 0.523. The Morgan fingerprint density at radius 2 is 1.48 bits per heavy atom. The second kappa shape index (κ2) is 8.20. The first kappa shape index (κ1) is 16.1. The minimum atomic E-state index is 0.244. The number of nitrogens with one attached hydrogen (secondary N) is 2. The lowest BCUT2D eigenvalue weighted by Crippen LogP contribution is -2.05. The van der Waals surface area contributed by atoms with Crippen molar-refractivity contribution >= 4 is 24.2 Å². The monoisotopic (exact) mass is 333 g/mol. The fourth-order valence-corrected chi connectivity index (χ4v) is 1.75. The van der Waals surface area contributed by atoms with Gasteiger partial charge in [-0.15, -0.1) is 10.2 Å². The smallest absolute Gasteiger partial charge is 0.260 e. The molecule has 0 bridgehead atoms. The van der Waals surface area contributed by atoms with E-state index in [4.69, 9.17) is 0 Å². The Morgan fingerprint density at radius 3 is 2.08 bits per heavy atom. The van der Waals surface area contributed by atoms with Crippen LogP contribution in [0.4, 0.5) is 11.8 Å². The van der Waals surface area contributed by atoms with Crippen LogP contribution in [0.3, 0.4) is 0 Å². The summed E-state index contributed by atoms with van der Waals surface area (Å²) >= 11 is 0. The highest BCUT2D eigenvalue weighted by atomic mass is 15.4. The van der Waals surface area contributed by atoms with Crippen LogP contribution in [0.2, 0.25) is 0 Å². The molecule has 0 unspecified atom stereocenters. The molecule has 0 saturated heterocycles. The van der Waals surface area contributed by atoms with Crippen molar-refractivity contribution in [1.82, 2.24) is 25.1 Å². The Kier molecular flexibility index (Phi) is 5.29. The lowest BCUT2D eigenvalue weighted by molar-refractivity contribution is 0.922. The van der Waals surface area contributed by atoms with Gasteiger partial charge in [0.25, 0.3) is 5.95 Å². The fraction of sp³-hybridized carbons (Fsp3) is 0.0625. The van der Waals surface area contributed by atoms with Crippen molar-refractivity contribution in [3.8, 4) is 0 Å². The summed E-state index contributed by atoms with van der Waals surface area (Å²) in [7, 11) is 0. The number of aryl methyl sites for hydroxylation is 1. The largest absolute Gasteiger partial charge is 0.265 e. The third-order valence-corrected chi connectivity index (χ3v) is 2.96. The standard InChI is InChI=1S/C16H15N9/c1-12-15(23-19-10-13-6-2-4-8-17-13)21-16(25-22-12)24-20-11-14-7-3-5-9-18-14/h2-11H,1H3,(H2,21,23,24,25). The van der Waals surface area contributed by atoms with E-state index < -0.39 is 0 Å². The molecular weight excluding hydrogens is 318 g/mol. The highest BCUT2D eigenvalue weighted by molar-refractivity contribution is 5.77. The third-order valence-electron chi connectivity index (χ3n) is 2.96. The molecule has 25 heavy (non-hydrogen) atoms. The van der Waals surface area contributed by atoms with Gasteiger partial charge in [0.2, 0.25) is 0 Å². The van der Waals surface area contributed by atoms with Crippen LogP contribution in [-0.4, -0.2) is 37.6 Å². The molecule has 0 aromatic carbocycles. The Bertz CT molecular complexity index is 863. The summed E-state index contributed by atoms with van der Waals surface area (Å²) in [6, 6.07) is 11.1. The highest BCUT2D eigenvalue weighted by Crippen LogP contribution is 2.09. The molecule has 9 nitrogen and oxygen atoms in total. The van der Waals surface area contributed by atoms with Gasteiger partial charge >= 0.3 is 0 Å². The Labute approximate surface area is 144 Å². The summed E-state index contributed by atoms with van der Waals surface area (Å²) in [5, 5.41) is 16.1. The number of anilines is 2. The first-order valence-corrected chi connectivity index (χ1v) is 7.43. The van der Waals surface area contributed by atoms with Gasteiger partial charge in [-0.1, -0.05) is 12.1 Å². The topological polar surface area (TPSA) is 113 Å². The van der Waals surface area contributed by atoms with E-state index in [2.05, 4.69) is 46.2 Å². The van der Waals surface area contributed by atoms with Crippen LogP contribution in [0, 0.1) is 6.92 Å². The van der Waals surface area contributed by atoms with Crippen LogP contribution < -0.4 is 10.9 Å². The molecule has 3 heterocycles.